The van der Waals surface area contributed by atoms with Crippen molar-refractivity contribution in [2.24, 2.45) is 0 Å². The number of phenolic OH excluding ortho intramolecular Hbond substituents is 7. The molecular formula is C30H24O11. The molecule has 0 radical (unpaired) electrons. The van der Waals surface area contributed by atoms with E-state index in [9.17, 15) is 40.9 Å². The van der Waals surface area contributed by atoms with Gasteiger partial charge in [0.05, 0.1) is 12.0 Å². The molecule has 0 aliphatic carbocycles. The van der Waals surface area contributed by atoms with Crippen LogP contribution in [-0.4, -0.2) is 53.1 Å². The van der Waals surface area contributed by atoms with E-state index in [2.05, 4.69) is 0 Å². The highest BCUT2D eigenvalue weighted by atomic mass is 16.8. The lowest BCUT2D eigenvalue weighted by atomic mass is 9.79. The summed E-state index contributed by atoms with van der Waals surface area (Å²) in [7, 11) is 0. The van der Waals surface area contributed by atoms with Crippen molar-refractivity contribution in [3.8, 4) is 51.7 Å². The van der Waals surface area contributed by atoms with Crippen molar-refractivity contribution in [3.05, 3.63) is 88.5 Å². The molecule has 4 aromatic carbocycles. The SMILES string of the molecule is Oc1ccc([C@@H]2Oc3c(c(O)cc(O)c3[C@@H]3c4c(O)cc(O)cc4O[C@@]4(c5ccc(O)c(O)c5)O[C@@H]34)C[C@@H]2O)cc1. The van der Waals surface area contributed by atoms with E-state index in [0.29, 0.717) is 11.1 Å². The minimum absolute atomic E-state index is 0.0236. The van der Waals surface area contributed by atoms with Crippen LogP contribution in [0.25, 0.3) is 0 Å². The quantitative estimate of drug-likeness (QED) is 0.135. The second-order valence-electron chi connectivity index (χ2n) is 10.4. The van der Waals surface area contributed by atoms with E-state index >= 15 is 0 Å². The maximum atomic E-state index is 11.3. The lowest BCUT2D eigenvalue weighted by Crippen LogP contribution is -2.33. The van der Waals surface area contributed by atoms with E-state index in [1.54, 1.807) is 12.1 Å². The molecule has 3 heterocycles. The van der Waals surface area contributed by atoms with Crippen LogP contribution in [0.3, 0.4) is 0 Å². The summed E-state index contributed by atoms with van der Waals surface area (Å²) in [6, 6.07) is 13.6. The van der Waals surface area contributed by atoms with Gasteiger partial charge in [0, 0.05) is 46.9 Å². The van der Waals surface area contributed by atoms with Gasteiger partial charge in [-0.2, -0.15) is 0 Å². The highest BCUT2D eigenvalue weighted by Crippen LogP contribution is 2.65. The van der Waals surface area contributed by atoms with Crippen molar-refractivity contribution >= 4 is 0 Å². The minimum atomic E-state index is -1.54. The Morgan fingerprint density at radius 2 is 1.41 bits per heavy atom. The molecule has 41 heavy (non-hydrogen) atoms. The number of aliphatic hydroxyl groups excluding tert-OH is 1. The van der Waals surface area contributed by atoms with E-state index in [-0.39, 0.29) is 69.1 Å². The summed E-state index contributed by atoms with van der Waals surface area (Å²) < 4.78 is 18.5. The molecule has 210 valence electrons. The number of ether oxygens (including phenoxy) is 3. The van der Waals surface area contributed by atoms with Gasteiger partial charge in [-0.05, 0) is 35.9 Å². The molecular weight excluding hydrogens is 536 g/mol. The van der Waals surface area contributed by atoms with Gasteiger partial charge in [-0.15, -0.1) is 0 Å². The number of hydrogen-bond acceptors (Lipinski definition) is 11. The number of benzene rings is 4. The average molecular weight is 561 g/mol. The van der Waals surface area contributed by atoms with Crippen LogP contribution in [0.4, 0.5) is 0 Å². The first-order chi connectivity index (χ1) is 19.6. The summed E-state index contributed by atoms with van der Waals surface area (Å²) in [5.41, 5.74) is 1.38. The van der Waals surface area contributed by atoms with E-state index in [4.69, 9.17) is 14.2 Å². The molecule has 8 N–H and O–H groups in total. The Balaban J connectivity index is 1.42. The van der Waals surface area contributed by atoms with E-state index in [0.717, 1.165) is 12.1 Å². The molecule has 3 aliphatic heterocycles. The summed E-state index contributed by atoms with van der Waals surface area (Å²) in [6.07, 6.45) is -2.97. The smallest absolute Gasteiger partial charge is 0.265 e. The van der Waals surface area contributed by atoms with Crippen LogP contribution >= 0.6 is 0 Å². The second-order valence-corrected chi connectivity index (χ2v) is 10.4. The van der Waals surface area contributed by atoms with Crippen molar-refractivity contribution in [2.75, 3.05) is 0 Å². The van der Waals surface area contributed by atoms with Gasteiger partial charge in [0.15, 0.2) is 11.5 Å². The number of phenols is 7. The van der Waals surface area contributed by atoms with Gasteiger partial charge in [0.25, 0.3) is 5.79 Å². The predicted octanol–water partition coefficient (Wildman–Crippen LogP) is 3.44. The normalized spacial score (nSPS) is 25.7. The molecule has 3 aliphatic rings. The van der Waals surface area contributed by atoms with Crippen LogP contribution in [-0.2, 0) is 16.9 Å². The minimum Gasteiger partial charge on any atom is -0.508 e. The van der Waals surface area contributed by atoms with Crippen molar-refractivity contribution in [1.29, 1.82) is 0 Å². The van der Waals surface area contributed by atoms with E-state index in [1.807, 2.05) is 0 Å². The van der Waals surface area contributed by atoms with Gasteiger partial charge in [-0.25, -0.2) is 0 Å². The first-order valence-corrected chi connectivity index (χ1v) is 12.7. The van der Waals surface area contributed by atoms with Crippen molar-refractivity contribution in [3.63, 3.8) is 0 Å². The molecule has 0 spiro atoms. The van der Waals surface area contributed by atoms with Crippen LogP contribution in [0.2, 0.25) is 0 Å². The largest absolute Gasteiger partial charge is 0.508 e. The Hall–Kier alpha value is -5.00. The molecule has 7 rings (SSSR count). The molecule has 0 bridgehead atoms. The number of epoxide rings is 1. The lowest BCUT2D eigenvalue weighted by molar-refractivity contribution is 0.0186. The molecule has 11 heteroatoms. The van der Waals surface area contributed by atoms with Gasteiger partial charge in [-0.3, -0.25) is 0 Å². The van der Waals surface area contributed by atoms with E-state index < -0.39 is 35.8 Å². The number of aromatic hydroxyl groups is 7. The molecule has 0 amide bonds. The number of hydrogen-bond donors (Lipinski definition) is 8. The summed E-state index contributed by atoms with van der Waals surface area (Å²) >= 11 is 0. The number of aliphatic hydroxyl groups is 1. The molecule has 0 aromatic heterocycles. The monoisotopic (exact) mass is 560 g/mol. The fourth-order valence-electron chi connectivity index (χ4n) is 5.96. The molecule has 0 saturated carbocycles. The lowest BCUT2D eigenvalue weighted by Gasteiger charge is -2.36. The highest BCUT2D eigenvalue weighted by molar-refractivity contribution is 5.67. The van der Waals surface area contributed by atoms with Crippen LogP contribution < -0.4 is 9.47 Å². The Morgan fingerprint density at radius 3 is 2.15 bits per heavy atom. The summed E-state index contributed by atoms with van der Waals surface area (Å²) in [4.78, 5) is 0. The first-order valence-electron chi connectivity index (χ1n) is 12.7. The third kappa shape index (κ3) is 3.66. The third-order valence-electron chi connectivity index (χ3n) is 7.89. The maximum absolute atomic E-state index is 11.3. The first kappa shape index (κ1) is 25.0. The summed E-state index contributed by atoms with van der Waals surface area (Å²) in [5, 5.41) is 83.9. The van der Waals surface area contributed by atoms with Crippen LogP contribution in [0, 0.1) is 0 Å². The van der Waals surface area contributed by atoms with Gasteiger partial charge in [0.1, 0.15) is 52.5 Å². The maximum Gasteiger partial charge on any atom is 0.265 e. The Bertz CT molecular complexity index is 1720. The molecule has 1 saturated heterocycles. The van der Waals surface area contributed by atoms with Crippen molar-refractivity contribution < 1.29 is 55.1 Å². The van der Waals surface area contributed by atoms with Crippen LogP contribution in [0.5, 0.6) is 51.7 Å². The van der Waals surface area contributed by atoms with Crippen LogP contribution in [0.1, 0.15) is 39.8 Å². The molecule has 11 nitrogen and oxygen atoms in total. The number of rotatable bonds is 3. The number of fused-ring (bicyclic) bond motifs is 3. The molecule has 4 aromatic rings. The predicted molar refractivity (Wildman–Crippen MR) is 140 cm³/mol. The van der Waals surface area contributed by atoms with Crippen molar-refractivity contribution in [2.45, 2.75) is 36.4 Å². The highest BCUT2D eigenvalue weighted by Gasteiger charge is 2.69. The Morgan fingerprint density at radius 1 is 0.683 bits per heavy atom. The Labute approximate surface area is 231 Å². The van der Waals surface area contributed by atoms with Crippen molar-refractivity contribution in [1.82, 2.24) is 0 Å². The Kier molecular flexibility index (Phi) is 5.18. The zero-order chi connectivity index (χ0) is 28.8. The molecule has 0 unspecified atom stereocenters. The van der Waals surface area contributed by atoms with Gasteiger partial charge < -0.3 is 55.1 Å². The zero-order valence-corrected chi connectivity index (χ0v) is 21.1. The van der Waals surface area contributed by atoms with Gasteiger partial charge >= 0.3 is 0 Å². The average Bonchev–Trinajstić information content (AvgIpc) is 3.65. The fraction of sp³-hybridized carbons (Fsp3) is 0.200. The molecule has 1 fully saturated rings. The third-order valence-corrected chi connectivity index (χ3v) is 7.89. The zero-order valence-electron chi connectivity index (χ0n) is 21.1. The second kappa shape index (κ2) is 8.50. The van der Waals surface area contributed by atoms with Crippen LogP contribution in [0.15, 0.2) is 60.7 Å². The van der Waals surface area contributed by atoms with Gasteiger partial charge in [-0.1, -0.05) is 12.1 Å². The topological polar surface area (TPSA) is 193 Å². The summed E-state index contributed by atoms with van der Waals surface area (Å²) in [5.74, 6) is -4.53. The summed E-state index contributed by atoms with van der Waals surface area (Å²) in [6.45, 7) is 0. The standard InChI is InChI=1S/C30H24O11/c31-14-4-1-12(2-5-14)27-22(38)10-16-18(34)11-21(37)25(28(16)39-27)26-24-20(36)8-15(32)9-23(24)40-30(29(26)41-30)13-3-6-17(33)19(35)7-13/h1-9,11,22,26-27,29,31-38H,10H2/t22-,26-,27-,29-,30-/m0/s1. The van der Waals surface area contributed by atoms with E-state index in [1.165, 1.54) is 36.4 Å². The molecule has 5 atom stereocenters. The fourth-order valence-corrected chi connectivity index (χ4v) is 5.96. The van der Waals surface area contributed by atoms with Gasteiger partial charge in [0.2, 0.25) is 0 Å².